The number of carbonyl (C=O) groups excluding carboxylic acids is 1. The number of carboxylic acid groups (broad SMARTS) is 1. The van der Waals surface area contributed by atoms with Gasteiger partial charge in [-0.25, -0.2) is 0 Å². The van der Waals surface area contributed by atoms with Gasteiger partial charge in [0.05, 0.1) is 79.6 Å². The minimum Gasteiger partial charge on any atom is -0.481 e. The number of rotatable bonds is 3. The zero-order valence-electron chi connectivity index (χ0n) is 37.8. The Bertz CT molecular complexity index is 1620. The standard InChI is InChI=1S/C47H75NO17/c1-27-17-15-13-11-9-7-5-6-8-10-12-14-16-18-34(64-46-44(58)41(48)43(57)30(4)63-46)24-38-40(45(59)60)37(54)26-47(61,65-38)25-36(53)35(52)20-19-31(49)21-32(50)22-33(51)23-39(55)62-29(3)28(2)42(27)56/h5-6,8,10-18,27-38,40-44,46,49-54,56-58,61H,7,9,19-26,48H2,1-4H3,(H,59,60)/t27-,28-,29-,30?,31+,32+,33+,34-,35+,36+,37-,38?,40+,41?,42+,43?,44?,46?,47+/m0/s1. The molecule has 3 aliphatic rings. The Kier molecular flexibility index (Phi) is 23.8. The summed E-state index contributed by atoms with van der Waals surface area (Å²) in [5.41, 5.74) is 6.02. The molecule has 0 saturated carbocycles. The molecule has 0 aromatic heterocycles. The minimum atomic E-state index is -2.35. The zero-order valence-corrected chi connectivity index (χ0v) is 37.8. The average molecular weight is 926 g/mol. The minimum absolute atomic E-state index is 0.138. The SMILES string of the molecule is CC1OC(O[C@H]2C=CC=CC=CC=CCCC=CC=C[C@H](C)[C@@H](O)[C@@H](C)[C@H](C)OC(=O)C[C@H](O)C[C@H](O)C[C@H](O)CC[C@@H](O)[C@H](O)C[C@]3(O)C[C@H](O)[C@@H](C(=O)O)C(C2)O3)C(O)C(N)C1O. The van der Waals surface area contributed by atoms with Crippen LogP contribution in [0.4, 0.5) is 0 Å². The fraction of sp³-hybridized carbons (Fsp3) is 0.702. The fourth-order valence-electron chi connectivity index (χ4n) is 8.11. The molecule has 18 nitrogen and oxygen atoms in total. The highest BCUT2D eigenvalue weighted by Gasteiger charge is 2.51. The van der Waals surface area contributed by atoms with Crippen molar-refractivity contribution in [3.63, 3.8) is 0 Å². The lowest BCUT2D eigenvalue weighted by Gasteiger charge is -2.45. The third-order valence-electron chi connectivity index (χ3n) is 12.2. The summed E-state index contributed by atoms with van der Waals surface area (Å²) in [5, 5.41) is 118. The number of aliphatic carboxylic acids is 1. The molecule has 2 saturated heterocycles. The number of hydrogen-bond acceptors (Lipinski definition) is 17. The molecular weight excluding hydrogens is 851 g/mol. The van der Waals surface area contributed by atoms with Crippen LogP contribution in [0.1, 0.15) is 91.9 Å². The molecule has 3 rings (SSSR count). The second-order valence-electron chi connectivity index (χ2n) is 17.8. The number of aliphatic hydroxyl groups is 10. The smallest absolute Gasteiger partial charge is 0.311 e. The van der Waals surface area contributed by atoms with Crippen molar-refractivity contribution in [3.05, 3.63) is 72.9 Å². The Hall–Kier alpha value is -3.18. The van der Waals surface area contributed by atoms with Crippen LogP contribution in [0.25, 0.3) is 0 Å². The van der Waals surface area contributed by atoms with Gasteiger partial charge in [-0.3, -0.25) is 9.59 Å². The van der Waals surface area contributed by atoms with Gasteiger partial charge >= 0.3 is 11.9 Å². The van der Waals surface area contributed by atoms with Gasteiger partial charge in [-0.15, -0.1) is 0 Å². The van der Waals surface area contributed by atoms with Gasteiger partial charge in [-0.2, -0.15) is 0 Å². The van der Waals surface area contributed by atoms with Crippen LogP contribution in [0, 0.1) is 17.8 Å². The summed E-state index contributed by atoms with van der Waals surface area (Å²) in [6.45, 7) is 6.78. The number of hydrogen-bond donors (Lipinski definition) is 12. The molecule has 6 unspecified atom stereocenters. The quantitative estimate of drug-likeness (QED) is 0.175. The predicted molar refractivity (Wildman–Crippen MR) is 237 cm³/mol. The molecular formula is C47H75NO17. The Morgan fingerprint density at radius 2 is 1.28 bits per heavy atom. The largest absolute Gasteiger partial charge is 0.481 e. The highest BCUT2D eigenvalue weighted by atomic mass is 16.7. The van der Waals surface area contributed by atoms with Gasteiger partial charge in [0.1, 0.15) is 18.1 Å². The molecule has 2 fully saturated rings. The predicted octanol–water partition coefficient (Wildman–Crippen LogP) is 0.936. The molecule has 2 bridgehead atoms. The number of cyclic esters (lactones) is 1. The lowest BCUT2D eigenvalue weighted by molar-refractivity contribution is -0.310. The van der Waals surface area contributed by atoms with Gasteiger partial charge in [0.2, 0.25) is 0 Å². The maximum atomic E-state index is 12.6. The second kappa shape index (κ2) is 27.6. The van der Waals surface area contributed by atoms with Crippen LogP contribution >= 0.6 is 0 Å². The van der Waals surface area contributed by atoms with Gasteiger partial charge in [-0.1, -0.05) is 86.8 Å². The number of carboxylic acids is 1. The number of ether oxygens (including phenoxy) is 4. The highest BCUT2D eigenvalue weighted by molar-refractivity contribution is 5.71. The summed E-state index contributed by atoms with van der Waals surface area (Å²) >= 11 is 0. The van der Waals surface area contributed by atoms with Crippen LogP contribution in [-0.2, 0) is 28.5 Å². The first-order valence-corrected chi connectivity index (χ1v) is 22.6. The molecule has 0 radical (unpaired) electrons. The first-order chi connectivity index (χ1) is 30.6. The molecule has 3 heterocycles. The zero-order chi connectivity index (χ0) is 48.4. The fourth-order valence-corrected chi connectivity index (χ4v) is 8.11. The van der Waals surface area contributed by atoms with Gasteiger partial charge < -0.3 is 80.9 Å². The number of aliphatic hydroxyl groups excluding tert-OH is 9. The van der Waals surface area contributed by atoms with Gasteiger partial charge in [-0.05, 0) is 52.4 Å². The van der Waals surface area contributed by atoms with Crippen molar-refractivity contribution in [2.24, 2.45) is 23.5 Å². The second-order valence-corrected chi connectivity index (χ2v) is 17.8. The van der Waals surface area contributed by atoms with Crippen LogP contribution in [0.5, 0.6) is 0 Å². The van der Waals surface area contributed by atoms with Crippen molar-refractivity contribution in [1.29, 1.82) is 0 Å². The Morgan fingerprint density at radius 3 is 1.94 bits per heavy atom. The van der Waals surface area contributed by atoms with E-state index in [-0.39, 0.29) is 38.0 Å². The number of esters is 1. The lowest BCUT2D eigenvalue weighted by Crippen LogP contribution is -2.61. The monoisotopic (exact) mass is 926 g/mol. The normalized spacial score (nSPS) is 42.3. The van der Waals surface area contributed by atoms with E-state index >= 15 is 0 Å². The van der Waals surface area contributed by atoms with Crippen molar-refractivity contribution in [2.75, 3.05) is 0 Å². The van der Waals surface area contributed by atoms with E-state index in [1.54, 1.807) is 38.2 Å². The van der Waals surface area contributed by atoms with Gasteiger partial charge in [0, 0.05) is 31.1 Å². The summed E-state index contributed by atoms with van der Waals surface area (Å²) in [6.07, 6.45) is 2.28. The van der Waals surface area contributed by atoms with Crippen LogP contribution in [0.15, 0.2) is 72.9 Å². The summed E-state index contributed by atoms with van der Waals surface area (Å²) in [7, 11) is 0. The summed E-state index contributed by atoms with van der Waals surface area (Å²) < 4.78 is 23.2. The molecule has 0 aromatic rings. The Labute approximate surface area is 381 Å². The van der Waals surface area contributed by atoms with E-state index in [9.17, 15) is 65.8 Å². The molecule has 0 spiro atoms. The van der Waals surface area contributed by atoms with E-state index in [1.807, 2.05) is 49.5 Å². The molecule has 65 heavy (non-hydrogen) atoms. The molecule has 19 atom stereocenters. The molecule has 0 aliphatic carbocycles. The van der Waals surface area contributed by atoms with Crippen molar-refractivity contribution in [3.8, 4) is 0 Å². The van der Waals surface area contributed by atoms with Crippen molar-refractivity contribution >= 4 is 11.9 Å². The van der Waals surface area contributed by atoms with E-state index in [2.05, 4.69) is 0 Å². The molecule has 0 amide bonds. The first-order valence-electron chi connectivity index (χ1n) is 22.6. The van der Waals surface area contributed by atoms with E-state index in [4.69, 9.17) is 24.7 Å². The Balaban J connectivity index is 1.84. The Morgan fingerprint density at radius 1 is 0.692 bits per heavy atom. The van der Waals surface area contributed by atoms with Crippen molar-refractivity contribution < 1.29 is 84.7 Å². The van der Waals surface area contributed by atoms with Crippen molar-refractivity contribution in [2.45, 2.75) is 189 Å². The molecule has 0 aromatic carbocycles. The van der Waals surface area contributed by atoms with E-state index in [0.717, 1.165) is 12.8 Å². The van der Waals surface area contributed by atoms with Crippen LogP contribution in [0.3, 0.4) is 0 Å². The molecule has 13 N–H and O–H groups in total. The van der Waals surface area contributed by atoms with Crippen molar-refractivity contribution in [1.82, 2.24) is 0 Å². The number of fused-ring (bicyclic) bond motifs is 2. The molecule has 18 heteroatoms. The summed E-state index contributed by atoms with van der Waals surface area (Å²) in [5.74, 6) is -6.82. The number of carbonyl (C=O) groups is 2. The first kappa shape index (κ1) is 56.1. The summed E-state index contributed by atoms with van der Waals surface area (Å²) in [6, 6.07) is -1.14. The maximum Gasteiger partial charge on any atom is 0.311 e. The summed E-state index contributed by atoms with van der Waals surface area (Å²) in [4.78, 5) is 25.1. The lowest BCUT2D eigenvalue weighted by atomic mass is 9.82. The highest BCUT2D eigenvalue weighted by Crippen LogP contribution is 2.38. The molecule has 3 aliphatic heterocycles. The average Bonchev–Trinajstić information content (AvgIpc) is 3.21. The number of allylic oxidation sites excluding steroid dienone is 10. The topological polar surface area (TPSA) is 320 Å². The van der Waals surface area contributed by atoms with Crippen LogP contribution in [0.2, 0.25) is 0 Å². The van der Waals surface area contributed by atoms with Gasteiger partial charge in [0.15, 0.2) is 12.1 Å². The van der Waals surface area contributed by atoms with Gasteiger partial charge in [0.25, 0.3) is 0 Å². The third kappa shape index (κ3) is 18.8. The van der Waals surface area contributed by atoms with E-state index < -0.39 is 141 Å². The van der Waals surface area contributed by atoms with E-state index in [0.29, 0.717) is 0 Å². The number of nitrogens with two attached hydrogens (primary N) is 1. The third-order valence-corrected chi connectivity index (χ3v) is 12.2. The van der Waals surface area contributed by atoms with Crippen LogP contribution in [-0.4, -0.2) is 166 Å². The molecule has 370 valence electrons. The maximum absolute atomic E-state index is 12.6. The van der Waals surface area contributed by atoms with E-state index in [1.165, 1.54) is 13.0 Å². The van der Waals surface area contributed by atoms with Crippen LogP contribution < -0.4 is 5.73 Å².